The van der Waals surface area contributed by atoms with Crippen molar-refractivity contribution in [1.82, 2.24) is 4.90 Å². The van der Waals surface area contributed by atoms with Crippen molar-refractivity contribution in [3.05, 3.63) is 65.0 Å². The lowest BCUT2D eigenvalue weighted by Crippen LogP contribution is -2.48. The van der Waals surface area contributed by atoms with Gasteiger partial charge in [-0.05, 0) is 48.4 Å². The number of carbonyl (C=O) groups is 1. The van der Waals surface area contributed by atoms with Gasteiger partial charge in [0.15, 0.2) is 0 Å². The van der Waals surface area contributed by atoms with Crippen molar-refractivity contribution in [2.45, 2.75) is 24.0 Å². The monoisotopic (exact) mass is 450 g/mol. The third-order valence-electron chi connectivity index (χ3n) is 5.78. The molecule has 1 fully saturated rings. The smallest absolute Gasteiger partial charge is 0.264 e. The van der Waals surface area contributed by atoms with E-state index in [1.54, 1.807) is 11.3 Å². The van der Waals surface area contributed by atoms with Crippen molar-refractivity contribution in [2.75, 3.05) is 37.7 Å². The predicted molar refractivity (Wildman–Crippen MR) is 130 cm³/mol. The number of hydrogen-bond acceptors (Lipinski definition) is 5. The SMILES string of the molecule is CCCOc1ccc(N2CCN(C(=O)c3cc4c(s3)-c3ccccc3SC4)CC2)cc1. The molecule has 2 aliphatic heterocycles. The molecule has 160 valence electrons. The molecule has 0 N–H and O–H groups in total. The van der Waals surface area contributed by atoms with Gasteiger partial charge in [-0.25, -0.2) is 0 Å². The zero-order valence-electron chi connectivity index (χ0n) is 17.7. The van der Waals surface area contributed by atoms with Gasteiger partial charge >= 0.3 is 0 Å². The number of anilines is 1. The molecule has 6 heteroatoms. The maximum atomic E-state index is 13.2. The molecule has 5 rings (SSSR count). The molecule has 0 saturated carbocycles. The molecule has 0 unspecified atom stereocenters. The maximum absolute atomic E-state index is 13.2. The highest BCUT2D eigenvalue weighted by molar-refractivity contribution is 7.98. The van der Waals surface area contributed by atoms with Crippen LogP contribution in [-0.2, 0) is 5.75 Å². The van der Waals surface area contributed by atoms with Gasteiger partial charge in [-0.15, -0.1) is 23.1 Å². The fourth-order valence-electron chi connectivity index (χ4n) is 4.10. The van der Waals surface area contributed by atoms with Crippen LogP contribution in [0.25, 0.3) is 10.4 Å². The Morgan fingerprint density at radius 1 is 1.03 bits per heavy atom. The summed E-state index contributed by atoms with van der Waals surface area (Å²) in [6, 6.07) is 18.9. The van der Waals surface area contributed by atoms with Gasteiger partial charge in [0, 0.05) is 53.0 Å². The van der Waals surface area contributed by atoms with Gasteiger partial charge in [-0.1, -0.05) is 25.1 Å². The highest BCUT2D eigenvalue weighted by Crippen LogP contribution is 2.45. The van der Waals surface area contributed by atoms with Crippen LogP contribution in [0.3, 0.4) is 0 Å². The average Bonchev–Trinajstić information content (AvgIpc) is 3.28. The van der Waals surface area contributed by atoms with Crippen molar-refractivity contribution >= 4 is 34.7 Å². The van der Waals surface area contributed by atoms with E-state index < -0.39 is 0 Å². The van der Waals surface area contributed by atoms with E-state index in [0.717, 1.165) is 55.6 Å². The summed E-state index contributed by atoms with van der Waals surface area (Å²) in [4.78, 5) is 21.0. The summed E-state index contributed by atoms with van der Waals surface area (Å²) >= 11 is 3.51. The van der Waals surface area contributed by atoms with Crippen LogP contribution in [0.15, 0.2) is 59.5 Å². The van der Waals surface area contributed by atoms with Crippen molar-refractivity contribution < 1.29 is 9.53 Å². The Balaban J connectivity index is 1.24. The zero-order valence-corrected chi connectivity index (χ0v) is 19.3. The van der Waals surface area contributed by atoms with Crippen molar-refractivity contribution in [3.63, 3.8) is 0 Å². The first-order valence-corrected chi connectivity index (χ1v) is 12.6. The van der Waals surface area contributed by atoms with E-state index in [0.29, 0.717) is 0 Å². The Kier molecular flexibility index (Phi) is 5.92. The van der Waals surface area contributed by atoms with E-state index in [4.69, 9.17) is 4.74 Å². The van der Waals surface area contributed by atoms with Crippen LogP contribution in [0.2, 0.25) is 0 Å². The Morgan fingerprint density at radius 3 is 2.58 bits per heavy atom. The highest BCUT2D eigenvalue weighted by atomic mass is 32.2. The molecule has 1 aromatic heterocycles. The van der Waals surface area contributed by atoms with Crippen LogP contribution < -0.4 is 9.64 Å². The second kappa shape index (κ2) is 8.97. The molecule has 0 atom stereocenters. The van der Waals surface area contributed by atoms with Crippen molar-refractivity contribution in [2.24, 2.45) is 0 Å². The Bertz CT molecular complexity index is 1070. The first-order valence-electron chi connectivity index (χ1n) is 10.8. The third-order valence-corrected chi connectivity index (χ3v) is 8.10. The minimum atomic E-state index is 0.171. The number of nitrogens with zero attached hydrogens (tertiary/aromatic N) is 2. The maximum Gasteiger partial charge on any atom is 0.264 e. The first-order chi connectivity index (χ1) is 15.2. The largest absolute Gasteiger partial charge is 0.494 e. The lowest BCUT2D eigenvalue weighted by atomic mass is 10.1. The lowest BCUT2D eigenvalue weighted by molar-refractivity contribution is 0.0751. The van der Waals surface area contributed by atoms with Crippen LogP contribution >= 0.6 is 23.1 Å². The minimum absolute atomic E-state index is 0.171. The molecule has 3 heterocycles. The Labute approximate surface area is 191 Å². The summed E-state index contributed by atoms with van der Waals surface area (Å²) in [5, 5.41) is 0. The van der Waals surface area contributed by atoms with Gasteiger partial charge in [0.2, 0.25) is 0 Å². The van der Waals surface area contributed by atoms with E-state index in [1.807, 2.05) is 28.8 Å². The van der Waals surface area contributed by atoms with Crippen molar-refractivity contribution in [3.8, 4) is 16.2 Å². The number of carbonyl (C=O) groups excluding carboxylic acids is 1. The van der Waals surface area contributed by atoms with Gasteiger partial charge in [0.05, 0.1) is 11.5 Å². The van der Waals surface area contributed by atoms with E-state index >= 15 is 0 Å². The van der Waals surface area contributed by atoms with E-state index in [-0.39, 0.29) is 5.91 Å². The molecule has 1 saturated heterocycles. The number of ether oxygens (including phenoxy) is 1. The number of benzene rings is 2. The molecular weight excluding hydrogens is 424 g/mol. The topological polar surface area (TPSA) is 32.8 Å². The molecule has 2 aromatic carbocycles. The van der Waals surface area contributed by atoms with Crippen molar-refractivity contribution in [1.29, 1.82) is 0 Å². The van der Waals surface area contributed by atoms with Gasteiger partial charge in [-0.3, -0.25) is 4.79 Å². The molecule has 1 amide bonds. The summed E-state index contributed by atoms with van der Waals surface area (Å²) in [5.74, 6) is 2.03. The standard InChI is InChI=1S/C25H26N2O2S2/c1-2-15-29-20-9-7-19(8-10-20)26-11-13-27(14-12-26)25(28)23-16-18-17-30-22-6-4-3-5-21(22)24(18)31-23/h3-10,16H,2,11-15,17H2,1H3. The lowest BCUT2D eigenvalue weighted by Gasteiger charge is -2.36. The Hall–Kier alpha value is -2.44. The molecule has 3 aromatic rings. The quantitative estimate of drug-likeness (QED) is 0.494. The van der Waals surface area contributed by atoms with Crippen LogP contribution in [-0.4, -0.2) is 43.6 Å². The molecule has 0 aliphatic carbocycles. The fourth-order valence-corrected chi connectivity index (χ4v) is 6.48. The predicted octanol–water partition coefficient (Wildman–Crippen LogP) is 5.77. The van der Waals surface area contributed by atoms with E-state index in [2.05, 4.69) is 54.3 Å². The number of amides is 1. The normalized spacial score (nSPS) is 15.4. The second-order valence-corrected chi connectivity index (χ2v) is 9.94. The molecule has 4 nitrogen and oxygen atoms in total. The fraction of sp³-hybridized carbons (Fsp3) is 0.320. The highest BCUT2D eigenvalue weighted by Gasteiger charge is 2.26. The molecule has 0 bridgehead atoms. The van der Waals surface area contributed by atoms with Gasteiger partial charge in [0.1, 0.15) is 5.75 Å². The molecule has 0 radical (unpaired) electrons. The average molecular weight is 451 g/mol. The number of rotatable bonds is 5. The number of fused-ring (bicyclic) bond motifs is 3. The Morgan fingerprint density at radius 2 is 1.81 bits per heavy atom. The van der Waals surface area contributed by atoms with Crippen LogP contribution in [0.1, 0.15) is 28.6 Å². The number of hydrogen-bond donors (Lipinski definition) is 0. The summed E-state index contributed by atoms with van der Waals surface area (Å²) in [6.45, 7) is 6.06. The molecule has 0 spiro atoms. The van der Waals surface area contributed by atoms with E-state index in [1.165, 1.54) is 26.6 Å². The number of thioether (sulfide) groups is 1. The van der Waals surface area contributed by atoms with Crippen LogP contribution in [0.5, 0.6) is 5.75 Å². The number of piperazine rings is 1. The summed E-state index contributed by atoms with van der Waals surface area (Å²) < 4.78 is 5.68. The first kappa shape index (κ1) is 20.5. The number of thiophene rings is 1. The van der Waals surface area contributed by atoms with Gasteiger partial charge < -0.3 is 14.5 Å². The molecular formula is C25H26N2O2S2. The zero-order chi connectivity index (χ0) is 21.2. The van der Waals surface area contributed by atoms with Gasteiger partial charge in [0.25, 0.3) is 5.91 Å². The van der Waals surface area contributed by atoms with Gasteiger partial charge in [-0.2, -0.15) is 0 Å². The minimum Gasteiger partial charge on any atom is -0.494 e. The summed E-state index contributed by atoms with van der Waals surface area (Å²) in [6.07, 6.45) is 1.01. The third kappa shape index (κ3) is 4.19. The summed E-state index contributed by atoms with van der Waals surface area (Å²) in [7, 11) is 0. The molecule has 31 heavy (non-hydrogen) atoms. The summed E-state index contributed by atoms with van der Waals surface area (Å²) in [5.41, 5.74) is 3.76. The van der Waals surface area contributed by atoms with Crippen LogP contribution in [0.4, 0.5) is 5.69 Å². The second-order valence-electron chi connectivity index (χ2n) is 7.87. The molecule has 2 aliphatic rings. The van der Waals surface area contributed by atoms with E-state index in [9.17, 15) is 4.79 Å². The van der Waals surface area contributed by atoms with Crippen LogP contribution in [0, 0.1) is 0 Å².